The molecule has 2 aliphatic rings. The number of carbonyl (C=O) groups excluding carboxylic acids is 2. The third-order valence-corrected chi connectivity index (χ3v) is 7.58. The second-order valence-electron chi connectivity index (χ2n) is 7.43. The molecule has 1 fully saturated rings. The Bertz CT molecular complexity index is 1110. The van der Waals surface area contributed by atoms with E-state index in [1.807, 2.05) is 0 Å². The Labute approximate surface area is 179 Å². The van der Waals surface area contributed by atoms with Crippen molar-refractivity contribution >= 4 is 44.8 Å². The van der Waals surface area contributed by atoms with E-state index in [4.69, 9.17) is 11.6 Å². The number of hydrogen-bond donors (Lipinski definition) is 3. The van der Waals surface area contributed by atoms with Gasteiger partial charge in [-0.25, -0.2) is 8.42 Å². The fourth-order valence-corrected chi connectivity index (χ4v) is 5.55. The van der Waals surface area contributed by atoms with Crippen LogP contribution in [0.4, 0.5) is 11.4 Å². The van der Waals surface area contributed by atoms with Crippen molar-refractivity contribution in [2.45, 2.75) is 30.3 Å². The van der Waals surface area contributed by atoms with Crippen molar-refractivity contribution in [3.63, 3.8) is 0 Å². The fraction of sp³-hybridized carbons (Fsp3) is 0.300. The number of halogens is 1. The van der Waals surface area contributed by atoms with Crippen LogP contribution in [0.15, 0.2) is 47.4 Å². The minimum Gasteiger partial charge on any atom is -0.362 e. The van der Waals surface area contributed by atoms with Gasteiger partial charge in [-0.2, -0.15) is 4.31 Å². The zero-order valence-corrected chi connectivity index (χ0v) is 17.8. The molecule has 1 spiro atoms. The van der Waals surface area contributed by atoms with Gasteiger partial charge < -0.3 is 16.0 Å². The van der Waals surface area contributed by atoms with Gasteiger partial charge in [0.1, 0.15) is 5.66 Å². The van der Waals surface area contributed by atoms with Crippen molar-refractivity contribution in [2.75, 3.05) is 23.7 Å². The summed E-state index contributed by atoms with van der Waals surface area (Å²) in [5.41, 5.74) is 0.872. The molecule has 10 heteroatoms. The zero-order valence-electron chi connectivity index (χ0n) is 16.2. The monoisotopic (exact) mass is 448 g/mol. The van der Waals surface area contributed by atoms with Crippen LogP contribution in [0.1, 0.15) is 30.1 Å². The first-order valence-corrected chi connectivity index (χ1v) is 11.3. The Morgan fingerprint density at radius 3 is 2.40 bits per heavy atom. The predicted octanol–water partition coefficient (Wildman–Crippen LogP) is 2.63. The molecular weight excluding hydrogens is 428 g/mol. The van der Waals surface area contributed by atoms with Crippen molar-refractivity contribution in [1.29, 1.82) is 0 Å². The summed E-state index contributed by atoms with van der Waals surface area (Å²) in [6.07, 6.45) is 0.821. The Kier molecular flexibility index (Phi) is 5.21. The third-order valence-electron chi connectivity index (χ3n) is 5.36. The first kappa shape index (κ1) is 20.6. The molecule has 0 aromatic heterocycles. The maximum absolute atomic E-state index is 13.0. The largest absolute Gasteiger partial charge is 0.362 e. The highest BCUT2D eigenvalue weighted by atomic mass is 35.5. The van der Waals surface area contributed by atoms with E-state index in [2.05, 4.69) is 16.0 Å². The number of benzene rings is 2. The molecule has 2 aromatic carbocycles. The number of carbonyl (C=O) groups is 2. The van der Waals surface area contributed by atoms with Crippen LogP contribution >= 0.6 is 11.6 Å². The summed E-state index contributed by atoms with van der Waals surface area (Å²) in [5, 5.41) is 9.30. The molecule has 30 heavy (non-hydrogen) atoms. The molecule has 0 aliphatic carbocycles. The highest BCUT2D eigenvalue weighted by molar-refractivity contribution is 7.89. The minimum absolute atomic E-state index is 0.158. The number of fused-ring (bicyclic) bond motifs is 1. The quantitative estimate of drug-likeness (QED) is 0.669. The molecule has 3 N–H and O–H groups in total. The molecular formula is C20H21ClN4O4S. The average Bonchev–Trinajstić information content (AvgIpc) is 2.68. The van der Waals surface area contributed by atoms with Crippen molar-refractivity contribution < 1.29 is 18.0 Å². The van der Waals surface area contributed by atoms with Gasteiger partial charge in [0.25, 0.3) is 5.91 Å². The highest BCUT2D eigenvalue weighted by Crippen LogP contribution is 2.35. The van der Waals surface area contributed by atoms with Crippen LogP contribution in [0, 0.1) is 0 Å². The molecule has 1 saturated heterocycles. The first-order valence-electron chi connectivity index (χ1n) is 9.47. The van der Waals surface area contributed by atoms with Crippen molar-refractivity contribution in [3.05, 3.63) is 53.1 Å². The minimum atomic E-state index is -3.68. The smallest absolute Gasteiger partial charge is 0.256 e. The van der Waals surface area contributed by atoms with Crippen LogP contribution < -0.4 is 16.0 Å². The van der Waals surface area contributed by atoms with Gasteiger partial charge >= 0.3 is 0 Å². The lowest BCUT2D eigenvalue weighted by Gasteiger charge is -2.45. The van der Waals surface area contributed by atoms with Gasteiger partial charge in [0, 0.05) is 38.5 Å². The molecule has 0 radical (unpaired) electrons. The van der Waals surface area contributed by atoms with E-state index >= 15 is 0 Å². The normalized spacial score (nSPS) is 18.3. The molecule has 158 valence electrons. The van der Waals surface area contributed by atoms with Crippen LogP contribution in [-0.2, 0) is 14.8 Å². The topological polar surface area (TPSA) is 108 Å². The summed E-state index contributed by atoms with van der Waals surface area (Å²) in [6.45, 7) is 1.89. The van der Waals surface area contributed by atoms with Gasteiger partial charge in [-0.05, 0) is 36.4 Å². The second-order valence-corrected chi connectivity index (χ2v) is 9.78. The van der Waals surface area contributed by atoms with E-state index in [0.29, 0.717) is 34.8 Å². The molecule has 0 atom stereocenters. The van der Waals surface area contributed by atoms with E-state index in [9.17, 15) is 18.0 Å². The summed E-state index contributed by atoms with van der Waals surface area (Å²) in [7, 11) is -3.68. The van der Waals surface area contributed by atoms with Crippen LogP contribution in [-0.4, -0.2) is 43.3 Å². The zero-order chi connectivity index (χ0) is 21.5. The maximum atomic E-state index is 13.0. The van der Waals surface area contributed by atoms with E-state index in [-0.39, 0.29) is 29.8 Å². The summed E-state index contributed by atoms with van der Waals surface area (Å²) in [4.78, 5) is 23.9. The van der Waals surface area contributed by atoms with E-state index in [1.165, 1.54) is 23.4 Å². The number of sulfonamides is 1. The summed E-state index contributed by atoms with van der Waals surface area (Å²) >= 11 is 6.14. The van der Waals surface area contributed by atoms with E-state index in [0.717, 1.165) is 0 Å². The van der Waals surface area contributed by atoms with Gasteiger partial charge in [-0.3, -0.25) is 9.59 Å². The molecule has 8 nitrogen and oxygen atoms in total. The molecule has 2 heterocycles. The molecule has 4 rings (SSSR count). The number of piperidine rings is 1. The lowest BCUT2D eigenvalue weighted by atomic mass is 9.93. The maximum Gasteiger partial charge on any atom is 0.256 e. The Morgan fingerprint density at radius 2 is 1.77 bits per heavy atom. The summed E-state index contributed by atoms with van der Waals surface area (Å²) < 4.78 is 27.4. The number of nitrogens with one attached hydrogen (secondary N) is 3. The first-order chi connectivity index (χ1) is 14.2. The van der Waals surface area contributed by atoms with E-state index < -0.39 is 15.7 Å². The van der Waals surface area contributed by atoms with Gasteiger partial charge in [-0.1, -0.05) is 17.7 Å². The van der Waals surface area contributed by atoms with Crippen molar-refractivity contribution in [3.8, 4) is 0 Å². The number of anilines is 2. The lowest BCUT2D eigenvalue weighted by Crippen LogP contribution is -2.62. The summed E-state index contributed by atoms with van der Waals surface area (Å²) in [5.74, 6) is -0.490. The number of rotatable bonds is 3. The van der Waals surface area contributed by atoms with Crippen LogP contribution in [0.25, 0.3) is 0 Å². The number of amides is 2. The van der Waals surface area contributed by atoms with Gasteiger partial charge in [0.15, 0.2) is 0 Å². The lowest BCUT2D eigenvalue weighted by molar-refractivity contribution is -0.114. The fourth-order valence-electron chi connectivity index (χ4n) is 3.85. The molecule has 2 amide bonds. The van der Waals surface area contributed by atoms with Crippen LogP contribution in [0.3, 0.4) is 0 Å². The van der Waals surface area contributed by atoms with Gasteiger partial charge in [0.05, 0.1) is 21.2 Å². The predicted molar refractivity (Wildman–Crippen MR) is 114 cm³/mol. The number of hydrogen-bond acceptors (Lipinski definition) is 5. The average molecular weight is 449 g/mol. The SMILES string of the molecule is CC(=O)Nc1ccc(S(=O)(=O)N2CCC3(CC2)NC(=O)c2c(Cl)cccc2N3)cc1. The van der Waals surface area contributed by atoms with Crippen molar-refractivity contribution in [1.82, 2.24) is 9.62 Å². The molecule has 2 aromatic rings. The molecule has 0 saturated carbocycles. The third kappa shape index (κ3) is 3.76. The van der Waals surface area contributed by atoms with E-state index in [1.54, 1.807) is 30.3 Å². The second kappa shape index (κ2) is 7.57. The molecule has 2 aliphatic heterocycles. The Balaban J connectivity index is 1.49. The van der Waals surface area contributed by atoms with Crippen molar-refractivity contribution in [2.24, 2.45) is 0 Å². The van der Waals surface area contributed by atoms with Gasteiger partial charge in [-0.15, -0.1) is 0 Å². The Hall–Kier alpha value is -2.62. The standard InChI is InChI=1S/C20H21ClN4O4S/c1-13(26)22-14-5-7-15(8-6-14)30(28,29)25-11-9-20(10-12-25)23-17-4-2-3-16(21)18(17)19(27)24-20/h2-8,23H,9-12H2,1H3,(H,22,26)(H,24,27). The highest BCUT2D eigenvalue weighted by Gasteiger charge is 2.43. The van der Waals surface area contributed by atoms with Gasteiger partial charge in [0.2, 0.25) is 15.9 Å². The number of nitrogens with zero attached hydrogens (tertiary/aromatic N) is 1. The molecule has 0 bridgehead atoms. The van der Waals surface area contributed by atoms with Crippen LogP contribution in [0.5, 0.6) is 0 Å². The molecule has 0 unspecified atom stereocenters. The Morgan fingerprint density at radius 1 is 1.10 bits per heavy atom. The summed E-state index contributed by atoms with van der Waals surface area (Å²) in [6, 6.07) is 11.3. The van der Waals surface area contributed by atoms with Crippen LogP contribution in [0.2, 0.25) is 5.02 Å².